The van der Waals surface area contributed by atoms with E-state index in [1.807, 2.05) is 12.1 Å². The first-order valence-corrected chi connectivity index (χ1v) is 3.55. The van der Waals surface area contributed by atoms with Gasteiger partial charge in [0.1, 0.15) is 0 Å². The van der Waals surface area contributed by atoms with Crippen molar-refractivity contribution in [3.8, 4) is 0 Å². The predicted molar refractivity (Wildman–Crippen MR) is 47.1 cm³/mol. The Morgan fingerprint density at radius 3 is 3.00 bits per heavy atom. The third-order valence-corrected chi connectivity index (χ3v) is 1.36. The first-order chi connectivity index (χ1) is 5.36. The average Bonchev–Trinajstić information content (AvgIpc) is 2.06. The van der Waals surface area contributed by atoms with Crippen LogP contribution in [0, 0.1) is 0 Å². The Hall–Kier alpha value is -1.02. The quantitative estimate of drug-likeness (QED) is 0.536. The van der Waals surface area contributed by atoms with Gasteiger partial charge in [-0.15, -0.1) is 0 Å². The molecule has 0 fully saturated rings. The lowest BCUT2D eigenvalue weighted by atomic mass is 10.2. The van der Waals surface area contributed by atoms with E-state index >= 15 is 0 Å². The van der Waals surface area contributed by atoms with Gasteiger partial charge in [-0.2, -0.15) is 4.99 Å². The van der Waals surface area contributed by atoms with E-state index in [9.17, 15) is 0 Å². The number of hydrogen-bond donors (Lipinski definition) is 1. The van der Waals surface area contributed by atoms with Crippen molar-refractivity contribution in [2.45, 2.75) is 6.61 Å². The van der Waals surface area contributed by atoms with Crippen molar-refractivity contribution in [3.05, 3.63) is 29.8 Å². The second kappa shape index (κ2) is 3.98. The van der Waals surface area contributed by atoms with Crippen LogP contribution in [0.25, 0.3) is 0 Å². The molecular weight excluding hydrogens is 158 g/mol. The summed E-state index contributed by atoms with van der Waals surface area (Å²) < 4.78 is 0. The van der Waals surface area contributed by atoms with Crippen molar-refractivity contribution in [1.82, 2.24) is 0 Å². The lowest BCUT2D eigenvalue weighted by Crippen LogP contribution is -1.79. The summed E-state index contributed by atoms with van der Waals surface area (Å²) in [6, 6.07) is 7.21. The molecule has 0 spiro atoms. The zero-order valence-corrected chi connectivity index (χ0v) is 6.64. The molecule has 0 bridgehead atoms. The zero-order chi connectivity index (χ0) is 8.10. The van der Waals surface area contributed by atoms with Crippen LogP contribution in [0.3, 0.4) is 0 Å². The topological polar surface area (TPSA) is 32.6 Å². The molecule has 1 aromatic carbocycles. The van der Waals surface area contributed by atoms with E-state index in [0.717, 1.165) is 11.3 Å². The maximum absolute atomic E-state index is 8.74. The standard InChI is InChI=1S/C8H7NOS/c10-5-7-2-1-3-8(4-7)9-6-11/h1-4,10H,5H2. The first kappa shape index (κ1) is 8.08. The van der Waals surface area contributed by atoms with E-state index in [1.54, 1.807) is 12.1 Å². The Kier molecular flexibility index (Phi) is 2.93. The molecular formula is C8H7NOS. The summed E-state index contributed by atoms with van der Waals surface area (Å²) in [6.45, 7) is 0.0286. The number of benzene rings is 1. The molecule has 0 saturated carbocycles. The maximum atomic E-state index is 8.74. The summed E-state index contributed by atoms with van der Waals surface area (Å²) in [5.41, 5.74) is 1.56. The predicted octanol–water partition coefficient (Wildman–Crippen LogP) is 1.91. The highest BCUT2D eigenvalue weighted by atomic mass is 32.1. The van der Waals surface area contributed by atoms with E-state index < -0.39 is 0 Å². The number of aliphatic imine (C=N–C) groups is 1. The van der Waals surface area contributed by atoms with Gasteiger partial charge in [0.25, 0.3) is 0 Å². The van der Waals surface area contributed by atoms with E-state index in [-0.39, 0.29) is 6.61 Å². The van der Waals surface area contributed by atoms with Gasteiger partial charge >= 0.3 is 0 Å². The van der Waals surface area contributed by atoms with Crippen molar-refractivity contribution >= 4 is 23.1 Å². The molecule has 0 amide bonds. The molecule has 0 unspecified atom stereocenters. The van der Waals surface area contributed by atoms with Crippen molar-refractivity contribution < 1.29 is 5.11 Å². The zero-order valence-electron chi connectivity index (χ0n) is 5.82. The van der Waals surface area contributed by atoms with E-state index in [4.69, 9.17) is 5.11 Å². The summed E-state index contributed by atoms with van der Waals surface area (Å²) in [6.07, 6.45) is 0. The van der Waals surface area contributed by atoms with Gasteiger partial charge < -0.3 is 5.11 Å². The number of aliphatic hydroxyl groups is 1. The fourth-order valence-electron chi connectivity index (χ4n) is 0.777. The Morgan fingerprint density at radius 2 is 2.36 bits per heavy atom. The van der Waals surface area contributed by atoms with Crippen LogP contribution in [0.5, 0.6) is 0 Å². The summed E-state index contributed by atoms with van der Waals surface area (Å²) in [4.78, 5) is 3.77. The first-order valence-electron chi connectivity index (χ1n) is 3.14. The van der Waals surface area contributed by atoms with Crippen molar-refractivity contribution in [1.29, 1.82) is 0 Å². The normalized spacial score (nSPS) is 8.82. The molecule has 0 radical (unpaired) electrons. The third kappa shape index (κ3) is 2.24. The average molecular weight is 165 g/mol. The van der Waals surface area contributed by atoms with Gasteiger partial charge in [-0.3, -0.25) is 0 Å². The summed E-state index contributed by atoms with van der Waals surface area (Å²) in [5, 5.41) is 11.0. The molecule has 0 aliphatic carbocycles. The Morgan fingerprint density at radius 1 is 1.55 bits per heavy atom. The van der Waals surface area contributed by atoms with Gasteiger partial charge in [0.2, 0.25) is 0 Å². The van der Waals surface area contributed by atoms with Crippen LogP contribution in [-0.4, -0.2) is 10.3 Å². The third-order valence-electron chi connectivity index (χ3n) is 1.27. The lowest BCUT2D eigenvalue weighted by Gasteiger charge is -1.94. The number of thiocarbonyl (C=S) groups is 1. The number of hydrogen-bond acceptors (Lipinski definition) is 3. The highest BCUT2D eigenvalue weighted by Gasteiger charge is 1.90. The smallest absolute Gasteiger partial charge is 0.0743 e. The Bertz CT molecular complexity index is 292. The van der Waals surface area contributed by atoms with Gasteiger partial charge in [0, 0.05) is 0 Å². The minimum absolute atomic E-state index is 0.0286. The molecule has 2 nitrogen and oxygen atoms in total. The van der Waals surface area contributed by atoms with E-state index in [0.29, 0.717) is 0 Å². The van der Waals surface area contributed by atoms with Gasteiger partial charge in [-0.1, -0.05) is 12.1 Å². The Labute approximate surface area is 70.2 Å². The molecule has 1 N–H and O–H groups in total. The number of aliphatic hydroxyl groups excluding tert-OH is 1. The van der Waals surface area contributed by atoms with E-state index in [1.165, 1.54) is 0 Å². The van der Waals surface area contributed by atoms with Gasteiger partial charge in [0.05, 0.1) is 17.5 Å². The van der Waals surface area contributed by atoms with Crippen LogP contribution >= 0.6 is 12.2 Å². The molecule has 1 aromatic rings. The minimum atomic E-state index is 0.0286. The van der Waals surface area contributed by atoms with Gasteiger partial charge in [-0.25, -0.2) is 0 Å². The molecule has 11 heavy (non-hydrogen) atoms. The molecule has 0 aliphatic rings. The van der Waals surface area contributed by atoms with Crippen molar-refractivity contribution in [2.75, 3.05) is 0 Å². The van der Waals surface area contributed by atoms with Crippen LogP contribution in [0.1, 0.15) is 5.56 Å². The Balaban J connectivity index is 3.00. The molecule has 0 heterocycles. The molecule has 56 valence electrons. The highest BCUT2D eigenvalue weighted by Crippen LogP contribution is 2.12. The SMILES string of the molecule is OCc1cccc(N=C=S)c1. The van der Waals surface area contributed by atoms with Crippen LogP contribution in [0.15, 0.2) is 29.3 Å². The second-order valence-electron chi connectivity index (χ2n) is 2.03. The largest absolute Gasteiger partial charge is 0.392 e. The monoisotopic (exact) mass is 165 g/mol. The van der Waals surface area contributed by atoms with Gasteiger partial charge in [0.15, 0.2) is 0 Å². The molecule has 3 heteroatoms. The number of isothiocyanates is 1. The van der Waals surface area contributed by atoms with Crippen LogP contribution in [0.2, 0.25) is 0 Å². The molecule has 0 aliphatic heterocycles. The fraction of sp³-hybridized carbons (Fsp3) is 0.125. The molecule has 0 aromatic heterocycles. The second-order valence-corrected chi connectivity index (χ2v) is 2.21. The van der Waals surface area contributed by atoms with Crippen LogP contribution in [-0.2, 0) is 6.61 Å². The van der Waals surface area contributed by atoms with Crippen molar-refractivity contribution in [3.63, 3.8) is 0 Å². The minimum Gasteiger partial charge on any atom is -0.392 e. The summed E-state index contributed by atoms with van der Waals surface area (Å²) in [5.74, 6) is 0. The van der Waals surface area contributed by atoms with Crippen molar-refractivity contribution in [2.24, 2.45) is 4.99 Å². The maximum Gasteiger partial charge on any atom is 0.0743 e. The summed E-state index contributed by atoms with van der Waals surface area (Å²) in [7, 11) is 0. The number of nitrogens with zero attached hydrogens (tertiary/aromatic N) is 1. The lowest BCUT2D eigenvalue weighted by molar-refractivity contribution is 0.282. The van der Waals surface area contributed by atoms with E-state index in [2.05, 4.69) is 22.4 Å². The molecule has 0 atom stereocenters. The highest BCUT2D eigenvalue weighted by molar-refractivity contribution is 7.78. The summed E-state index contributed by atoms with van der Waals surface area (Å²) >= 11 is 4.43. The molecule has 1 rings (SSSR count). The van der Waals surface area contributed by atoms with Crippen LogP contribution < -0.4 is 0 Å². The molecule has 0 saturated heterocycles. The van der Waals surface area contributed by atoms with Crippen LogP contribution in [0.4, 0.5) is 5.69 Å². The fourth-order valence-corrected chi connectivity index (χ4v) is 0.882. The van der Waals surface area contributed by atoms with Gasteiger partial charge in [-0.05, 0) is 29.9 Å². The number of rotatable bonds is 2.